The number of carbonyl (C=O) groups excluding carboxylic acids is 2. The number of rotatable bonds is 10. The van der Waals surface area contributed by atoms with Crippen LogP contribution in [-0.4, -0.2) is 32.3 Å². The van der Waals surface area contributed by atoms with Gasteiger partial charge in [0, 0.05) is 29.4 Å². The first-order valence-corrected chi connectivity index (χ1v) is 12.9. The van der Waals surface area contributed by atoms with Crippen LogP contribution >= 0.6 is 11.8 Å². The van der Waals surface area contributed by atoms with Crippen molar-refractivity contribution in [1.29, 1.82) is 0 Å². The van der Waals surface area contributed by atoms with Gasteiger partial charge in [0.2, 0.25) is 11.8 Å². The van der Waals surface area contributed by atoms with Crippen molar-refractivity contribution in [2.45, 2.75) is 32.0 Å². The highest BCUT2D eigenvalue weighted by atomic mass is 32.2. The second kappa shape index (κ2) is 12.2. The van der Waals surface area contributed by atoms with E-state index < -0.39 is 0 Å². The van der Waals surface area contributed by atoms with Gasteiger partial charge in [0.1, 0.15) is 0 Å². The van der Waals surface area contributed by atoms with E-state index in [0.717, 1.165) is 34.7 Å². The molecule has 0 bridgehead atoms. The van der Waals surface area contributed by atoms with Crippen LogP contribution in [0.1, 0.15) is 25.8 Å². The molecule has 0 aliphatic carbocycles. The standard InChI is InChI=1S/C28H29N5O2S/c1-3-20(2)27(35)30-23-14-10-11-21(17-23)18-29-25(34)19-36-28-32-31-26(22-12-6-4-7-13-22)33(28)24-15-8-5-9-16-24/h4-17,20H,3,18-19H2,1-2H3,(H,29,34)(H,30,35). The number of nitrogens with one attached hydrogen (secondary N) is 2. The third-order valence-electron chi connectivity index (χ3n) is 5.76. The van der Waals surface area contributed by atoms with Crippen LogP contribution in [0.3, 0.4) is 0 Å². The molecule has 2 N–H and O–H groups in total. The molecule has 2 amide bonds. The molecule has 1 aromatic heterocycles. The lowest BCUT2D eigenvalue weighted by Gasteiger charge is -2.12. The van der Waals surface area contributed by atoms with Crippen molar-refractivity contribution in [2.24, 2.45) is 5.92 Å². The van der Waals surface area contributed by atoms with Crippen LogP contribution in [0.4, 0.5) is 5.69 Å². The molecule has 0 aliphatic heterocycles. The lowest BCUT2D eigenvalue weighted by Crippen LogP contribution is -2.25. The van der Waals surface area contributed by atoms with Gasteiger partial charge in [-0.15, -0.1) is 10.2 Å². The third kappa shape index (κ3) is 6.40. The Balaban J connectivity index is 1.40. The van der Waals surface area contributed by atoms with Crippen molar-refractivity contribution in [3.8, 4) is 17.1 Å². The normalized spacial score (nSPS) is 11.6. The predicted octanol–water partition coefficient (Wildman–Crippen LogP) is 5.33. The zero-order valence-corrected chi connectivity index (χ0v) is 21.2. The van der Waals surface area contributed by atoms with Crippen molar-refractivity contribution >= 4 is 29.3 Å². The number of amides is 2. The van der Waals surface area contributed by atoms with Crippen LogP contribution < -0.4 is 10.6 Å². The van der Waals surface area contributed by atoms with Gasteiger partial charge in [-0.3, -0.25) is 14.2 Å². The van der Waals surface area contributed by atoms with Gasteiger partial charge in [-0.25, -0.2) is 0 Å². The quantitative estimate of drug-likeness (QED) is 0.288. The number of para-hydroxylation sites is 1. The fourth-order valence-corrected chi connectivity index (χ4v) is 4.32. The van der Waals surface area contributed by atoms with Crippen LogP contribution in [0.5, 0.6) is 0 Å². The molecular weight excluding hydrogens is 470 g/mol. The Morgan fingerprint density at radius 2 is 1.67 bits per heavy atom. The van der Waals surface area contributed by atoms with Crippen LogP contribution in [-0.2, 0) is 16.1 Å². The summed E-state index contributed by atoms with van der Waals surface area (Å²) in [6.07, 6.45) is 0.782. The average molecular weight is 500 g/mol. The van der Waals surface area contributed by atoms with Crippen molar-refractivity contribution < 1.29 is 9.59 Å². The first kappa shape index (κ1) is 25.2. The second-order valence-electron chi connectivity index (χ2n) is 8.41. The minimum absolute atomic E-state index is 0.00696. The predicted molar refractivity (Wildman–Crippen MR) is 144 cm³/mol. The molecule has 184 valence electrons. The molecular formula is C28H29N5O2S. The summed E-state index contributed by atoms with van der Waals surface area (Å²) in [5.74, 6) is 0.751. The molecule has 0 spiro atoms. The maximum absolute atomic E-state index is 12.6. The zero-order valence-electron chi connectivity index (χ0n) is 20.3. The Kier molecular flexibility index (Phi) is 8.52. The van der Waals surface area contributed by atoms with E-state index >= 15 is 0 Å². The Labute approximate surface area is 215 Å². The number of aromatic nitrogens is 3. The minimum atomic E-state index is -0.113. The van der Waals surface area contributed by atoms with Crippen molar-refractivity contribution in [3.63, 3.8) is 0 Å². The fraction of sp³-hybridized carbons (Fsp3) is 0.214. The molecule has 1 unspecified atom stereocenters. The molecule has 3 aromatic carbocycles. The van der Waals surface area contributed by atoms with E-state index in [0.29, 0.717) is 11.7 Å². The summed E-state index contributed by atoms with van der Waals surface area (Å²) < 4.78 is 1.97. The van der Waals surface area contributed by atoms with Crippen molar-refractivity contribution in [2.75, 3.05) is 11.1 Å². The molecule has 4 aromatic rings. The van der Waals surface area contributed by atoms with E-state index in [2.05, 4.69) is 20.8 Å². The number of anilines is 1. The Morgan fingerprint density at radius 1 is 0.944 bits per heavy atom. The van der Waals surface area contributed by atoms with E-state index in [4.69, 9.17) is 0 Å². The monoisotopic (exact) mass is 499 g/mol. The average Bonchev–Trinajstić information content (AvgIpc) is 3.35. The molecule has 1 atom stereocenters. The summed E-state index contributed by atoms with van der Waals surface area (Å²) >= 11 is 1.34. The van der Waals surface area contributed by atoms with E-state index in [9.17, 15) is 9.59 Å². The van der Waals surface area contributed by atoms with E-state index in [1.165, 1.54) is 11.8 Å². The van der Waals surface area contributed by atoms with E-state index in [1.807, 2.05) is 103 Å². The summed E-state index contributed by atoms with van der Waals surface area (Å²) in [4.78, 5) is 24.8. The summed E-state index contributed by atoms with van der Waals surface area (Å²) in [5.41, 5.74) is 3.52. The van der Waals surface area contributed by atoms with Gasteiger partial charge in [-0.2, -0.15) is 0 Å². The van der Waals surface area contributed by atoms with Gasteiger partial charge in [-0.1, -0.05) is 86.3 Å². The van der Waals surface area contributed by atoms with Gasteiger partial charge < -0.3 is 10.6 Å². The number of thioether (sulfide) groups is 1. The first-order valence-electron chi connectivity index (χ1n) is 11.9. The molecule has 0 aliphatic rings. The summed E-state index contributed by atoms with van der Waals surface area (Å²) in [7, 11) is 0. The summed E-state index contributed by atoms with van der Waals surface area (Å²) in [5, 5.41) is 15.3. The Bertz CT molecular complexity index is 1310. The highest BCUT2D eigenvalue weighted by molar-refractivity contribution is 7.99. The molecule has 0 fully saturated rings. The van der Waals surface area contributed by atoms with Crippen LogP contribution in [0, 0.1) is 5.92 Å². The van der Waals surface area contributed by atoms with Gasteiger partial charge in [-0.05, 0) is 36.2 Å². The SMILES string of the molecule is CCC(C)C(=O)Nc1cccc(CNC(=O)CSc2nnc(-c3ccccc3)n2-c2ccccc2)c1. The van der Waals surface area contributed by atoms with Gasteiger partial charge in [0.05, 0.1) is 5.75 Å². The maximum atomic E-state index is 12.6. The fourth-order valence-electron chi connectivity index (χ4n) is 3.54. The number of carbonyl (C=O) groups is 2. The van der Waals surface area contributed by atoms with Crippen LogP contribution in [0.15, 0.2) is 90.1 Å². The summed E-state index contributed by atoms with van der Waals surface area (Å²) in [6.45, 7) is 4.25. The van der Waals surface area contributed by atoms with Gasteiger partial charge >= 0.3 is 0 Å². The lowest BCUT2D eigenvalue weighted by molar-refractivity contribution is -0.120. The molecule has 0 saturated carbocycles. The van der Waals surface area contributed by atoms with Crippen LogP contribution in [0.25, 0.3) is 17.1 Å². The zero-order chi connectivity index (χ0) is 25.3. The highest BCUT2D eigenvalue weighted by Crippen LogP contribution is 2.27. The Morgan fingerprint density at radius 3 is 2.39 bits per heavy atom. The number of hydrogen-bond acceptors (Lipinski definition) is 5. The van der Waals surface area contributed by atoms with Gasteiger partial charge in [0.15, 0.2) is 11.0 Å². The first-order chi connectivity index (χ1) is 17.5. The van der Waals surface area contributed by atoms with E-state index in [1.54, 1.807) is 0 Å². The number of hydrogen-bond donors (Lipinski definition) is 2. The van der Waals surface area contributed by atoms with E-state index in [-0.39, 0.29) is 23.5 Å². The second-order valence-corrected chi connectivity index (χ2v) is 9.35. The number of nitrogens with zero attached hydrogens (tertiary/aromatic N) is 3. The van der Waals surface area contributed by atoms with Crippen LogP contribution in [0.2, 0.25) is 0 Å². The third-order valence-corrected chi connectivity index (χ3v) is 6.69. The highest BCUT2D eigenvalue weighted by Gasteiger charge is 2.17. The lowest BCUT2D eigenvalue weighted by atomic mass is 10.1. The summed E-state index contributed by atoms with van der Waals surface area (Å²) in [6, 6.07) is 27.3. The maximum Gasteiger partial charge on any atom is 0.230 e. The molecule has 36 heavy (non-hydrogen) atoms. The molecule has 8 heteroatoms. The van der Waals surface area contributed by atoms with Crippen molar-refractivity contribution in [3.05, 3.63) is 90.5 Å². The van der Waals surface area contributed by atoms with Gasteiger partial charge in [0.25, 0.3) is 0 Å². The largest absolute Gasteiger partial charge is 0.351 e. The molecule has 0 radical (unpaired) electrons. The van der Waals surface area contributed by atoms with Crippen molar-refractivity contribution in [1.82, 2.24) is 20.1 Å². The molecule has 7 nitrogen and oxygen atoms in total. The topological polar surface area (TPSA) is 88.9 Å². The molecule has 0 saturated heterocycles. The number of benzene rings is 3. The minimum Gasteiger partial charge on any atom is -0.351 e. The Hall–Kier alpha value is -3.91. The molecule has 1 heterocycles. The smallest absolute Gasteiger partial charge is 0.230 e. The molecule has 4 rings (SSSR count).